The van der Waals surface area contributed by atoms with Gasteiger partial charge in [-0.25, -0.2) is 4.79 Å². The van der Waals surface area contributed by atoms with Crippen LogP contribution in [-0.4, -0.2) is 43.8 Å². The van der Waals surface area contributed by atoms with E-state index in [9.17, 15) is 4.79 Å². The third-order valence-corrected chi connectivity index (χ3v) is 3.56. The van der Waals surface area contributed by atoms with Gasteiger partial charge in [0, 0.05) is 12.6 Å². The van der Waals surface area contributed by atoms with Gasteiger partial charge in [-0.3, -0.25) is 4.99 Å². The molecule has 0 aromatic heterocycles. The third kappa shape index (κ3) is 7.20. The molecule has 122 valence electrons. The lowest BCUT2D eigenvalue weighted by molar-refractivity contribution is 0.147. The molecular formula is C15H30N4O2. The summed E-state index contributed by atoms with van der Waals surface area (Å²) in [6, 6.07) is 0.441. The van der Waals surface area contributed by atoms with Crippen molar-refractivity contribution in [2.24, 2.45) is 10.9 Å². The van der Waals surface area contributed by atoms with Crippen LogP contribution >= 0.6 is 0 Å². The summed E-state index contributed by atoms with van der Waals surface area (Å²) in [4.78, 5) is 16.2. The quantitative estimate of drug-likeness (QED) is 0.472. The smallest absolute Gasteiger partial charge is 0.407 e. The molecule has 0 saturated heterocycles. The molecule has 0 aromatic carbocycles. The van der Waals surface area contributed by atoms with E-state index in [1.54, 1.807) is 0 Å². The first-order chi connectivity index (χ1) is 10.1. The highest BCUT2D eigenvalue weighted by atomic mass is 16.5. The molecule has 1 saturated carbocycles. The largest absolute Gasteiger partial charge is 0.450 e. The van der Waals surface area contributed by atoms with Crippen LogP contribution in [0.5, 0.6) is 0 Å². The second-order valence-electron chi connectivity index (χ2n) is 5.48. The summed E-state index contributed by atoms with van der Waals surface area (Å²) in [5.74, 6) is 1.34. The monoisotopic (exact) mass is 298 g/mol. The van der Waals surface area contributed by atoms with Gasteiger partial charge in [-0.15, -0.1) is 0 Å². The number of guanidine groups is 1. The molecular weight excluding hydrogens is 268 g/mol. The van der Waals surface area contributed by atoms with Crippen LogP contribution in [0.1, 0.15) is 47.0 Å². The Kier molecular flexibility index (Phi) is 7.93. The first kappa shape index (κ1) is 17.6. The van der Waals surface area contributed by atoms with Crippen molar-refractivity contribution >= 4 is 12.1 Å². The number of carbonyl (C=O) groups excluding carboxylic acids is 1. The molecule has 0 heterocycles. The molecule has 0 bridgehead atoms. The first-order valence-corrected chi connectivity index (χ1v) is 8.08. The number of amides is 1. The minimum Gasteiger partial charge on any atom is -0.450 e. The van der Waals surface area contributed by atoms with Gasteiger partial charge in [0.15, 0.2) is 5.96 Å². The van der Waals surface area contributed by atoms with Crippen molar-refractivity contribution < 1.29 is 9.53 Å². The highest BCUT2D eigenvalue weighted by Crippen LogP contribution is 2.32. The van der Waals surface area contributed by atoms with E-state index in [0.717, 1.165) is 31.8 Å². The molecule has 3 N–H and O–H groups in total. The number of hydrogen-bond donors (Lipinski definition) is 3. The Balaban J connectivity index is 2.54. The lowest BCUT2D eigenvalue weighted by Gasteiger charge is -2.19. The summed E-state index contributed by atoms with van der Waals surface area (Å²) in [6.45, 7) is 9.91. The minimum atomic E-state index is -0.343. The van der Waals surface area contributed by atoms with Crippen LogP contribution in [-0.2, 0) is 4.74 Å². The Morgan fingerprint density at radius 3 is 2.52 bits per heavy atom. The van der Waals surface area contributed by atoms with Crippen LogP contribution in [0, 0.1) is 5.92 Å². The highest BCUT2D eigenvalue weighted by Gasteiger charge is 2.32. The molecule has 1 aliphatic rings. The number of carbonyl (C=O) groups is 1. The molecule has 0 spiro atoms. The van der Waals surface area contributed by atoms with Gasteiger partial charge < -0.3 is 20.7 Å². The van der Waals surface area contributed by atoms with Crippen molar-refractivity contribution in [2.75, 3.05) is 19.7 Å². The van der Waals surface area contributed by atoms with Gasteiger partial charge in [-0.2, -0.15) is 0 Å². The number of ether oxygens (including phenoxy) is 1. The van der Waals surface area contributed by atoms with Crippen LogP contribution in [0.25, 0.3) is 0 Å². The lowest BCUT2D eigenvalue weighted by atomic mass is 10.2. The summed E-state index contributed by atoms with van der Waals surface area (Å²) >= 11 is 0. The van der Waals surface area contributed by atoms with E-state index in [1.165, 1.54) is 0 Å². The number of rotatable bonds is 8. The van der Waals surface area contributed by atoms with E-state index in [2.05, 4.69) is 34.8 Å². The molecule has 6 nitrogen and oxygen atoms in total. The van der Waals surface area contributed by atoms with Crippen molar-refractivity contribution in [3.05, 3.63) is 0 Å². The number of aliphatic imine (C=N–C) groups is 1. The standard InChI is InChI=1S/C15H30N4O2/c1-5-11(4)18-14(16-6-2)17-10-13(12-8-9-12)19-15(20)21-7-3/h11-13H,5-10H2,1-4H3,(H,19,20)(H2,16,17,18). The number of nitrogens with zero attached hydrogens (tertiary/aromatic N) is 1. The topological polar surface area (TPSA) is 74.8 Å². The van der Waals surface area contributed by atoms with E-state index in [4.69, 9.17) is 4.74 Å². The average Bonchev–Trinajstić information content (AvgIpc) is 3.28. The minimum absolute atomic E-state index is 0.0661. The van der Waals surface area contributed by atoms with Crippen LogP contribution in [0.4, 0.5) is 4.79 Å². The molecule has 0 radical (unpaired) electrons. The molecule has 0 aliphatic heterocycles. The zero-order valence-electron chi connectivity index (χ0n) is 13.7. The van der Waals surface area contributed by atoms with Gasteiger partial charge in [-0.1, -0.05) is 6.92 Å². The molecule has 2 atom stereocenters. The van der Waals surface area contributed by atoms with Crippen molar-refractivity contribution in [3.8, 4) is 0 Å². The van der Waals surface area contributed by atoms with Crippen LogP contribution in [0.15, 0.2) is 4.99 Å². The van der Waals surface area contributed by atoms with Crippen molar-refractivity contribution in [1.29, 1.82) is 0 Å². The Labute approximate surface area is 128 Å². The normalized spacial score (nSPS) is 17.8. The molecule has 1 amide bonds. The molecule has 0 aromatic rings. The van der Waals surface area contributed by atoms with E-state index in [0.29, 0.717) is 25.1 Å². The maximum Gasteiger partial charge on any atom is 0.407 e. The zero-order chi connectivity index (χ0) is 15.7. The van der Waals surface area contributed by atoms with Gasteiger partial charge in [-0.05, 0) is 46.0 Å². The summed E-state index contributed by atoms with van der Waals surface area (Å²) in [5.41, 5.74) is 0. The van der Waals surface area contributed by atoms with Crippen molar-refractivity contribution in [1.82, 2.24) is 16.0 Å². The van der Waals surface area contributed by atoms with Crippen molar-refractivity contribution in [3.63, 3.8) is 0 Å². The van der Waals surface area contributed by atoms with Gasteiger partial charge in [0.25, 0.3) is 0 Å². The molecule has 1 aliphatic carbocycles. The number of hydrogen-bond acceptors (Lipinski definition) is 3. The summed E-state index contributed by atoms with van der Waals surface area (Å²) in [5, 5.41) is 9.51. The third-order valence-electron chi connectivity index (χ3n) is 3.56. The van der Waals surface area contributed by atoms with Gasteiger partial charge in [0.1, 0.15) is 0 Å². The fraction of sp³-hybridized carbons (Fsp3) is 0.867. The first-order valence-electron chi connectivity index (χ1n) is 8.08. The molecule has 21 heavy (non-hydrogen) atoms. The molecule has 1 fully saturated rings. The second kappa shape index (κ2) is 9.47. The van der Waals surface area contributed by atoms with E-state index in [-0.39, 0.29) is 12.1 Å². The van der Waals surface area contributed by atoms with Crippen LogP contribution in [0.2, 0.25) is 0 Å². The van der Waals surface area contributed by atoms with Gasteiger partial charge in [0.2, 0.25) is 0 Å². The predicted molar refractivity (Wildman–Crippen MR) is 85.5 cm³/mol. The Hall–Kier alpha value is -1.46. The van der Waals surface area contributed by atoms with E-state index < -0.39 is 0 Å². The van der Waals surface area contributed by atoms with E-state index >= 15 is 0 Å². The molecule has 1 rings (SSSR count). The summed E-state index contributed by atoms with van der Waals surface area (Å²) < 4.78 is 4.96. The Morgan fingerprint density at radius 2 is 2.00 bits per heavy atom. The van der Waals surface area contributed by atoms with Gasteiger partial charge in [0.05, 0.1) is 19.2 Å². The maximum absolute atomic E-state index is 11.6. The zero-order valence-corrected chi connectivity index (χ0v) is 13.7. The maximum atomic E-state index is 11.6. The second-order valence-corrected chi connectivity index (χ2v) is 5.48. The fourth-order valence-electron chi connectivity index (χ4n) is 1.98. The van der Waals surface area contributed by atoms with Gasteiger partial charge >= 0.3 is 6.09 Å². The summed E-state index contributed by atoms with van der Waals surface area (Å²) in [6.07, 6.45) is 3.01. The Bertz CT molecular complexity index is 343. The summed E-state index contributed by atoms with van der Waals surface area (Å²) in [7, 11) is 0. The lowest BCUT2D eigenvalue weighted by Crippen LogP contribution is -2.44. The number of nitrogens with one attached hydrogen (secondary N) is 3. The van der Waals surface area contributed by atoms with Crippen molar-refractivity contribution in [2.45, 2.75) is 59.0 Å². The average molecular weight is 298 g/mol. The Morgan fingerprint density at radius 1 is 1.29 bits per heavy atom. The molecule has 6 heteroatoms. The SMILES string of the molecule is CCNC(=NCC(NC(=O)OCC)C1CC1)NC(C)CC. The predicted octanol–water partition coefficient (Wildman–Crippen LogP) is 1.86. The van der Waals surface area contributed by atoms with Crippen LogP contribution in [0.3, 0.4) is 0 Å². The van der Waals surface area contributed by atoms with Crippen LogP contribution < -0.4 is 16.0 Å². The molecule has 2 unspecified atom stereocenters. The highest BCUT2D eigenvalue weighted by molar-refractivity contribution is 5.80. The number of alkyl carbamates (subject to hydrolysis) is 1. The van der Waals surface area contributed by atoms with E-state index in [1.807, 2.05) is 13.8 Å². The fourth-order valence-corrected chi connectivity index (χ4v) is 1.98.